The van der Waals surface area contributed by atoms with E-state index in [2.05, 4.69) is 22.3 Å². The minimum absolute atomic E-state index is 0.261. The van der Waals surface area contributed by atoms with Gasteiger partial charge in [0.05, 0.1) is 4.90 Å². The zero-order valence-corrected chi connectivity index (χ0v) is 17.6. The molecule has 8 heteroatoms. The van der Waals surface area contributed by atoms with E-state index in [1.54, 1.807) is 18.2 Å². The van der Waals surface area contributed by atoms with Crippen molar-refractivity contribution in [2.75, 3.05) is 13.1 Å². The van der Waals surface area contributed by atoms with E-state index in [-0.39, 0.29) is 4.90 Å². The summed E-state index contributed by atoms with van der Waals surface area (Å²) >= 11 is 5.39. The van der Waals surface area contributed by atoms with Crippen LogP contribution < -0.4 is 0 Å². The highest BCUT2D eigenvalue weighted by atomic mass is 32.2. The number of aryl methyl sites for hydroxylation is 1. The molecule has 0 unspecified atom stereocenters. The van der Waals surface area contributed by atoms with Crippen molar-refractivity contribution in [2.24, 2.45) is 0 Å². The Morgan fingerprint density at radius 2 is 1.79 bits per heavy atom. The van der Waals surface area contributed by atoms with Crippen LogP contribution in [0.25, 0.3) is 11.4 Å². The molecule has 1 aromatic heterocycles. The molecule has 6 nitrogen and oxygen atoms in total. The first kappa shape index (κ1) is 20.4. The number of benzene rings is 2. The van der Waals surface area contributed by atoms with E-state index in [0.29, 0.717) is 35.8 Å². The molecular formula is C20H24N4O2S2. The van der Waals surface area contributed by atoms with Crippen LogP contribution in [-0.4, -0.2) is 40.6 Å². The first-order valence-corrected chi connectivity index (χ1v) is 11.1. The van der Waals surface area contributed by atoms with Gasteiger partial charge in [0.15, 0.2) is 10.6 Å². The molecule has 28 heavy (non-hydrogen) atoms. The second kappa shape index (κ2) is 8.81. The third-order valence-corrected chi connectivity index (χ3v) is 7.02. The van der Waals surface area contributed by atoms with Crippen LogP contribution in [0.15, 0.2) is 59.5 Å². The number of nitrogens with one attached hydrogen (secondary N) is 1. The minimum Gasteiger partial charge on any atom is -0.300 e. The van der Waals surface area contributed by atoms with Crippen LogP contribution in [0, 0.1) is 4.77 Å². The molecule has 2 aromatic carbocycles. The second-order valence-electron chi connectivity index (χ2n) is 6.36. The maximum absolute atomic E-state index is 12.8. The van der Waals surface area contributed by atoms with Crippen molar-refractivity contribution in [1.29, 1.82) is 0 Å². The average Bonchev–Trinajstić information content (AvgIpc) is 3.08. The second-order valence-corrected chi connectivity index (χ2v) is 8.68. The third-order valence-electron chi connectivity index (χ3n) is 4.66. The molecule has 1 heterocycles. The number of H-pyrrole nitrogens is 1. The number of hydrogen-bond acceptors (Lipinski definition) is 4. The van der Waals surface area contributed by atoms with Gasteiger partial charge in [-0.15, -0.1) is 0 Å². The molecule has 0 aliphatic rings. The summed E-state index contributed by atoms with van der Waals surface area (Å²) in [6.45, 7) is 5.18. The van der Waals surface area contributed by atoms with Crippen molar-refractivity contribution in [3.05, 3.63) is 64.9 Å². The molecule has 1 N–H and O–H groups in total. The van der Waals surface area contributed by atoms with Crippen molar-refractivity contribution in [3.63, 3.8) is 0 Å². The van der Waals surface area contributed by atoms with Gasteiger partial charge >= 0.3 is 0 Å². The minimum atomic E-state index is -3.53. The van der Waals surface area contributed by atoms with E-state index in [1.165, 1.54) is 9.87 Å². The molecule has 0 aliphatic heterocycles. The van der Waals surface area contributed by atoms with Crippen molar-refractivity contribution in [1.82, 2.24) is 19.1 Å². The molecule has 0 aliphatic carbocycles. The predicted molar refractivity (Wildman–Crippen MR) is 113 cm³/mol. The summed E-state index contributed by atoms with van der Waals surface area (Å²) in [6, 6.07) is 17.0. The van der Waals surface area contributed by atoms with Gasteiger partial charge in [-0.3, -0.25) is 9.67 Å². The number of aromatic nitrogens is 3. The van der Waals surface area contributed by atoms with E-state index in [0.717, 1.165) is 6.42 Å². The fourth-order valence-corrected chi connectivity index (χ4v) is 4.87. The Balaban J connectivity index is 1.94. The largest absolute Gasteiger partial charge is 0.300 e. The molecule has 0 saturated heterocycles. The van der Waals surface area contributed by atoms with Crippen molar-refractivity contribution < 1.29 is 8.42 Å². The monoisotopic (exact) mass is 416 g/mol. The maximum Gasteiger partial charge on any atom is 0.243 e. The Kier molecular flexibility index (Phi) is 6.43. The average molecular weight is 417 g/mol. The fraction of sp³-hybridized carbons (Fsp3) is 0.300. The van der Waals surface area contributed by atoms with Crippen LogP contribution in [0.2, 0.25) is 0 Å². The van der Waals surface area contributed by atoms with E-state index in [4.69, 9.17) is 12.2 Å². The Morgan fingerprint density at radius 3 is 2.46 bits per heavy atom. The number of nitrogens with zero attached hydrogens (tertiary/aromatic N) is 3. The summed E-state index contributed by atoms with van der Waals surface area (Å²) in [5.74, 6) is 0.637. The van der Waals surface area contributed by atoms with E-state index in [9.17, 15) is 8.42 Å². The molecule has 0 bridgehead atoms. The van der Waals surface area contributed by atoms with Gasteiger partial charge < -0.3 is 0 Å². The van der Waals surface area contributed by atoms with Crippen molar-refractivity contribution >= 4 is 22.2 Å². The highest BCUT2D eigenvalue weighted by Gasteiger charge is 2.22. The third kappa shape index (κ3) is 4.24. The molecule has 148 valence electrons. The van der Waals surface area contributed by atoms with Crippen LogP contribution in [-0.2, 0) is 23.0 Å². The molecule has 0 amide bonds. The Labute approximate surface area is 170 Å². The van der Waals surface area contributed by atoms with Gasteiger partial charge in [-0.1, -0.05) is 56.3 Å². The smallest absolute Gasteiger partial charge is 0.243 e. The molecule has 0 spiro atoms. The number of hydrogen-bond donors (Lipinski definition) is 1. The Morgan fingerprint density at radius 1 is 1.07 bits per heavy atom. The summed E-state index contributed by atoms with van der Waals surface area (Å²) in [6.07, 6.45) is 0.805. The summed E-state index contributed by atoms with van der Waals surface area (Å²) in [4.78, 5) is 0.261. The van der Waals surface area contributed by atoms with Gasteiger partial charge in [0.25, 0.3) is 0 Å². The molecule has 3 rings (SSSR count). The van der Waals surface area contributed by atoms with E-state index < -0.39 is 10.0 Å². The van der Waals surface area contributed by atoms with Crippen LogP contribution >= 0.6 is 12.2 Å². The van der Waals surface area contributed by atoms with E-state index >= 15 is 0 Å². The Hall–Kier alpha value is -2.29. The summed E-state index contributed by atoms with van der Waals surface area (Å²) in [7, 11) is -3.53. The van der Waals surface area contributed by atoms with Crippen molar-refractivity contribution in [2.45, 2.75) is 31.7 Å². The normalized spacial score (nSPS) is 11.8. The molecule has 0 saturated carbocycles. The molecule has 0 radical (unpaired) electrons. The Bertz CT molecular complexity index is 1080. The zero-order chi connectivity index (χ0) is 20.1. The first-order chi connectivity index (χ1) is 13.5. The molecule has 3 aromatic rings. The predicted octanol–water partition coefficient (Wildman–Crippen LogP) is 3.88. The lowest BCUT2D eigenvalue weighted by Crippen LogP contribution is -2.30. The lowest BCUT2D eigenvalue weighted by molar-refractivity contribution is 0.445. The van der Waals surface area contributed by atoms with Crippen molar-refractivity contribution in [3.8, 4) is 11.4 Å². The van der Waals surface area contributed by atoms with Crippen LogP contribution in [0.4, 0.5) is 0 Å². The molecule has 0 atom stereocenters. The lowest BCUT2D eigenvalue weighted by Gasteiger charge is -2.18. The molecule has 0 fully saturated rings. The SMILES string of the molecule is CCN(CC)S(=O)(=O)c1cccc(-c2n[nH]c(=S)n2CCc2ccccc2)c1. The van der Waals surface area contributed by atoms with Crippen LogP contribution in [0.1, 0.15) is 19.4 Å². The zero-order valence-electron chi connectivity index (χ0n) is 16.0. The van der Waals surface area contributed by atoms with Gasteiger partial charge in [0, 0.05) is 25.2 Å². The highest BCUT2D eigenvalue weighted by Crippen LogP contribution is 2.23. The molecular weight excluding hydrogens is 392 g/mol. The van der Waals surface area contributed by atoms with Gasteiger partial charge in [-0.25, -0.2) is 8.42 Å². The highest BCUT2D eigenvalue weighted by molar-refractivity contribution is 7.89. The van der Waals surface area contributed by atoms with E-state index in [1.807, 2.05) is 42.7 Å². The fourth-order valence-electron chi connectivity index (χ4n) is 3.14. The van der Waals surface area contributed by atoms with Crippen LogP contribution in [0.3, 0.4) is 0 Å². The lowest BCUT2D eigenvalue weighted by atomic mass is 10.1. The topological polar surface area (TPSA) is 71.0 Å². The number of sulfonamides is 1. The van der Waals surface area contributed by atoms with Gasteiger partial charge in [0.1, 0.15) is 0 Å². The summed E-state index contributed by atoms with van der Waals surface area (Å²) in [5, 5.41) is 7.18. The standard InChI is InChI=1S/C20H24N4O2S2/c1-3-23(4-2)28(25,26)18-12-8-11-17(15-18)19-21-22-20(27)24(19)14-13-16-9-6-5-7-10-16/h5-12,15H,3-4,13-14H2,1-2H3,(H,22,27). The maximum atomic E-state index is 12.8. The summed E-state index contributed by atoms with van der Waals surface area (Å²) in [5.41, 5.74) is 1.92. The van der Waals surface area contributed by atoms with Crippen LogP contribution in [0.5, 0.6) is 0 Å². The number of aromatic amines is 1. The first-order valence-electron chi connectivity index (χ1n) is 9.27. The summed E-state index contributed by atoms with van der Waals surface area (Å²) < 4.78 is 29.6. The quantitative estimate of drug-likeness (QED) is 0.566. The number of rotatable bonds is 8. The van der Waals surface area contributed by atoms with Gasteiger partial charge in [0.2, 0.25) is 10.0 Å². The van der Waals surface area contributed by atoms with Gasteiger partial charge in [-0.2, -0.15) is 9.40 Å². The van der Waals surface area contributed by atoms with Gasteiger partial charge in [-0.05, 0) is 36.3 Å².